The van der Waals surface area contributed by atoms with Gasteiger partial charge in [-0.15, -0.1) is 0 Å². The van der Waals surface area contributed by atoms with Gasteiger partial charge in [-0.2, -0.15) is 17.5 Å². The number of benzene rings is 2. The molecule has 0 aliphatic carbocycles. The van der Waals surface area contributed by atoms with Crippen molar-refractivity contribution in [3.8, 4) is 0 Å². The lowest BCUT2D eigenvalue weighted by atomic mass is 9.97. The molecule has 0 saturated carbocycles. The summed E-state index contributed by atoms with van der Waals surface area (Å²) in [5, 5.41) is 4.04. The second-order valence-electron chi connectivity index (χ2n) is 7.71. The number of nitrogens with zero attached hydrogens (tertiary/aromatic N) is 2. The van der Waals surface area contributed by atoms with E-state index < -0.39 is 37.6 Å². The monoisotopic (exact) mass is 497 g/mol. The number of hydrogen-bond acceptors (Lipinski definition) is 4. The van der Waals surface area contributed by atoms with E-state index in [0.717, 1.165) is 27.2 Å². The molecule has 1 N–H and O–H groups in total. The van der Waals surface area contributed by atoms with E-state index in [1.807, 2.05) is 6.07 Å². The van der Waals surface area contributed by atoms with E-state index in [-0.39, 0.29) is 31.8 Å². The first-order valence-corrected chi connectivity index (χ1v) is 11.9. The second-order valence-corrected chi connectivity index (χ2v) is 10.1. The number of nitrogens with one attached hydrogen (secondary N) is 1. The number of hydrogen-bond donors (Lipinski definition) is 1. The molecule has 1 amide bonds. The summed E-state index contributed by atoms with van der Waals surface area (Å²) >= 11 is 5.60. The smallest absolute Gasteiger partial charge is 0.325 e. The minimum absolute atomic E-state index is 0.0177. The zero-order valence-electron chi connectivity index (χ0n) is 17.1. The van der Waals surface area contributed by atoms with Gasteiger partial charge in [-0.1, -0.05) is 23.7 Å². The summed E-state index contributed by atoms with van der Waals surface area (Å²) in [4.78, 5) is 16.4. The lowest BCUT2D eigenvalue weighted by Crippen LogP contribution is -2.41. The Bertz CT molecular complexity index is 1300. The van der Waals surface area contributed by atoms with Crippen LogP contribution in [0, 0.1) is 5.92 Å². The van der Waals surface area contributed by atoms with Crippen LogP contribution in [0.25, 0.3) is 10.8 Å². The van der Waals surface area contributed by atoms with Crippen molar-refractivity contribution in [3.05, 3.63) is 65.4 Å². The molecule has 11 heteroatoms. The first-order valence-electron chi connectivity index (χ1n) is 10.1. The van der Waals surface area contributed by atoms with Gasteiger partial charge in [0.05, 0.1) is 15.5 Å². The van der Waals surface area contributed by atoms with Crippen molar-refractivity contribution in [2.24, 2.45) is 5.92 Å². The topological polar surface area (TPSA) is 79.4 Å². The van der Waals surface area contributed by atoms with Crippen LogP contribution in [0.4, 0.5) is 18.9 Å². The minimum atomic E-state index is -4.77. The zero-order chi connectivity index (χ0) is 23.8. The van der Waals surface area contributed by atoms with Gasteiger partial charge < -0.3 is 5.32 Å². The molecule has 2 aromatic carbocycles. The van der Waals surface area contributed by atoms with Crippen LogP contribution in [0.15, 0.2) is 59.8 Å². The lowest BCUT2D eigenvalue weighted by molar-refractivity contribution is -0.137. The third-order valence-corrected chi connectivity index (χ3v) is 7.87. The largest absolute Gasteiger partial charge is 0.417 e. The maximum atomic E-state index is 13.1. The highest BCUT2D eigenvalue weighted by atomic mass is 35.5. The summed E-state index contributed by atoms with van der Waals surface area (Å²) in [7, 11) is -4.16. The van der Waals surface area contributed by atoms with Crippen molar-refractivity contribution in [1.29, 1.82) is 0 Å². The van der Waals surface area contributed by atoms with Gasteiger partial charge in [0.1, 0.15) is 0 Å². The summed E-state index contributed by atoms with van der Waals surface area (Å²) in [6, 6.07) is 9.78. The molecule has 2 heterocycles. The molecule has 1 aromatic heterocycles. The Balaban J connectivity index is 1.46. The first-order chi connectivity index (χ1) is 15.6. The van der Waals surface area contributed by atoms with Crippen LogP contribution in [0.1, 0.15) is 18.4 Å². The highest BCUT2D eigenvalue weighted by molar-refractivity contribution is 7.89. The fraction of sp³-hybridized carbons (Fsp3) is 0.273. The number of aromatic nitrogens is 1. The zero-order valence-corrected chi connectivity index (χ0v) is 18.7. The number of rotatable bonds is 4. The summed E-state index contributed by atoms with van der Waals surface area (Å²) < 4.78 is 66.3. The number of fused-ring (bicyclic) bond motifs is 1. The number of sulfonamides is 1. The Morgan fingerprint density at radius 1 is 1.12 bits per heavy atom. The Hall–Kier alpha value is -2.69. The fourth-order valence-electron chi connectivity index (χ4n) is 3.86. The third-order valence-electron chi connectivity index (χ3n) is 5.64. The molecule has 1 aliphatic rings. The lowest BCUT2D eigenvalue weighted by Gasteiger charge is -2.30. The Morgan fingerprint density at radius 3 is 2.55 bits per heavy atom. The van der Waals surface area contributed by atoms with Crippen LogP contribution >= 0.6 is 11.6 Å². The van der Waals surface area contributed by atoms with Gasteiger partial charge in [0, 0.05) is 47.9 Å². The summed E-state index contributed by atoms with van der Waals surface area (Å²) in [6.45, 7) is 0.0354. The van der Waals surface area contributed by atoms with Crippen LogP contribution < -0.4 is 5.32 Å². The van der Waals surface area contributed by atoms with E-state index in [0.29, 0.717) is 11.8 Å². The number of amides is 1. The van der Waals surface area contributed by atoms with Gasteiger partial charge in [0.25, 0.3) is 0 Å². The fourth-order valence-corrected chi connectivity index (χ4v) is 5.58. The van der Waals surface area contributed by atoms with Gasteiger partial charge in [-0.3, -0.25) is 9.78 Å². The summed E-state index contributed by atoms with van der Waals surface area (Å²) in [6.07, 6.45) is -0.961. The van der Waals surface area contributed by atoms with Crippen LogP contribution in [0.3, 0.4) is 0 Å². The van der Waals surface area contributed by atoms with E-state index in [1.54, 1.807) is 30.6 Å². The number of halogens is 4. The molecule has 1 aliphatic heterocycles. The minimum Gasteiger partial charge on any atom is -0.325 e. The maximum absolute atomic E-state index is 13.1. The first kappa shape index (κ1) is 23.5. The van der Waals surface area contributed by atoms with E-state index in [1.165, 1.54) is 0 Å². The molecule has 0 radical (unpaired) electrons. The van der Waals surface area contributed by atoms with Crippen molar-refractivity contribution < 1.29 is 26.4 Å². The van der Waals surface area contributed by atoms with Crippen molar-refractivity contribution in [1.82, 2.24) is 9.29 Å². The molecule has 0 unspecified atom stereocenters. The predicted octanol–water partition coefficient (Wildman–Crippen LogP) is 4.95. The van der Waals surface area contributed by atoms with Crippen LogP contribution in [-0.4, -0.2) is 36.7 Å². The summed E-state index contributed by atoms with van der Waals surface area (Å²) in [5.41, 5.74) is -0.569. The Labute approximate surface area is 193 Å². The van der Waals surface area contributed by atoms with Gasteiger partial charge in [-0.05, 0) is 43.2 Å². The van der Waals surface area contributed by atoms with Crippen molar-refractivity contribution in [2.45, 2.75) is 23.9 Å². The van der Waals surface area contributed by atoms with Gasteiger partial charge in [-0.25, -0.2) is 8.42 Å². The average molecular weight is 498 g/mol. The third kappa shape index (κ3) is 4.83. The normalized spacial score (nSPS) is 16.1. The Kier molecular flexibility index (Phi) is 6.35. The van der Waals surface area contributed by atoms with E-state index >= 15 is 0 Å². The molecule has 1 saturated heterocycles. The van der Waals surface area contributed by atoms with Crippen LogP contribution in [0.5, 0.6) is 0 Å². The number of alkyl halides is 3. The molecule has 0 spiro atoms. The Morgan fingerprint density at radius 2 is 1.85 bits per heavy atom. The highest BCUT2D eigenvalue weighted by Crippen LogP contribution is 2.37. The average Bonchev–Trinajstić information content (AvgIpc) is 2.79. The molecular formula is C22H19ClF3N3O3S. The number of anilines is 1. The standard InChI is InChI=1S/C22H19ClF3N3O3S/c23-19-5-4-16(12-18(19)22(24,25)26)33(31,32)29-10-7-14(8-11-29)21(30)28-20-3-1-2-15-13-27-9-6-17(15)20/h1-6,9,12-14H,7-8,10-11H2,(H,28,30). The molecule has 1 fully saturated rings. The van der Waals surface area contributed by atoms with Crippen LogP contribution in [0.2, 0.25) is 5.02 Å². The second kappa shape index (κ2) is 8.92. The molecule has 4 rings (SSSR count). The van der Waals surface area contributed by atoms with Gasteiger partial charge >= 0.3 is 6.18 Å². The van der Waals surface area contributed by atoms with Crippen molar-refractivity contribution >= 4 is 44.0 Å². The molecule has 6 nitrogen and oxygen atoms in total. The van der Waals surface area contributed by atoms with Crippen molar-refractivity contribution in [3.63, 3.8) is 0 Å². The van der Waals surface area contributed by atoms with Gasteiger partial charge in [0.2, 0.25) is 15.9 Å². The maximum Gasteiger partial charge on any atom is 0.417 e. The number of carbonyl (C=O) groups excluding carboxylic acids is 1. The van der Waals surface area contributed by atoms with Crippen molar-refractivity contribution in [2.75, 3.05) is 18.4 Å². The molecule has 3 aromatic rings. The number of piperidine rings is 1. The molecule has 0 bridgehead atoms. The number of pyridine rings is 1. The number of carbonyl (C=O) groups is 1. The van der Waals surface area contributed by atoms with Crippen LogP contribution in [-0.2, 0) is 21.0 Å². The molecule has 0 atom stereocenters. The predicted molar refractivity (Wildman–Crippen MR) is 118 cm³/mol. The van der Waals surface area contributed by atoms with E-state index in [4.69, 9.17) is 11.6 Å². The summed E-state index contributed by atoms with van der Waals surface area (Å²) in [5.74, 6) is -0.660. The quantitative estimate of drug-likeness (QED) is 0.553. The van der Waals surface area contributed by atoms with E-state index in [2.05, 4.69) is 10.3 Å². The molecule has 33 heavy (non-hydrogen) atoms. The van der Waals surface area contributed by atoms with E-state index in [9.17, 15) is 26.4 Å². The SMILES string of the molecule is O=C(Nc1cccc2cnccc12)C1CCN(S(=O)(=O)c2ccc(Cl)c(C(F)(F)F)c2)CC1. The molecular weight excluding hydrogens is 479 g/mol. The van der Waals surface area contributed by atoms with Gasteiger partial charge in [0.15, 0.2) is 0 Å². The molecule has 174 valence electrons. The highest BCUT2D eigenvalue weighted by Gasteiger charge is 2.37.